The van der Waals surface area contributed by atoms with Gasteiger partial charge in [0.05, 0.1) is 0 Å². The van der Waals surface area contributed by atoms with Crippen molar-refractivity contribution in [3.63, 3.8) is 0 Å². The van der Waals surface area contributed by atoms with Crippen LogP contribution in [0, 0.1) is 0 Å². The molecule has 0 saturated heterocycles. The monoisotopic (exact) mass is 200 g/mol. The Kier molecular flexibility index (Phi) is 4.11. The maximum absolute atomic E-state index is 4.12. The van der Waals surface area contributed by atoms with E-state index >= 15 is 0 Å². The molecular formula is C8H16N4S. The van der Waals surface area contributed by atoms with Crippen LogP contribution in [0.2, 0.25) is 0 Å². The number of anilines is 1. The summed E-state index contributed by atoms with van der Waals surface area (Å²) in [6.45, 7) is 6.23. The minimum atomic E-state index is 0.544. The zero-order chi connectivity index (χ0) is 9.68. The van der Waals surface area contributed by atoms with Crippen molar-refractivity contribution in [2.24, 2.45) is 0 Å². The van der Waals surface area contributed by atoms with Gasteiger partial charge in [0.2, 0.25) is 5.13 Å². The molecule has 0 spiro atoms. The van der Waals surface area contributed by atoms with Crippen molar-refractivity contribution >= 4 is 16.7 Å². The van der Waals surface area contributed by atoms with Gasteiger partial charge in [-0.2, -0.15) is 4.37 Å². The predicted octanol–water partition coefficient (Wildman–Crippen LogP) is 0.972. The fourth-order valence-corrected chi connectivity index (χ4v) is 1.47. The fourth-order valence-electron chi connectivity index (χ4n) is 0.952. The second-order valence-corrected chi connectivity index (χ2v) is 4.01. The van der Waals surface area contributed by atoms with E-state index in [1.807, 2.05) is 7.05 Å². The van der Waals surface area contributed by atoms with Crippen molar-refractivity contribution < 1.29 is 0 Å². The smallest absolute Gasteiger partial charge is 0.204 e. The molecule has 0 aliphatic carbocycles. The van der Waals surface area contributed by atoms with Crippen LogP contribution in [0.25, 0.3) is 0 Å². The van der Waals surface area contributed by atoms with Crippen molar-refractivity contribution in [2.45, 2.75) is 19.9 Å². The third-order valence-corrected chi connectivity index (χ3v) is 2.46. The molecule has 1 heterocycles. The lowest BCUT2D eigenvalue weighted by atomic mass is 10.4. The maximum Gasteiger partial charge on any atom is 0.204 e. The Bertz CT molecular complexity index is 222. The number of nitrogens with zero attached hydrogens (tertiary/aromatic N) is 3. The highest BCUT2D eigenvalue weighted by atomic mass is 32.1. The first kappa shape index (κ1) is 10.4. The molecule has 4 nitrogen and oxygen atoms in total. The van der Waals surface area contributed by atoms with Gasteiger partial charge in [-0.25, -0.2) is 4.98 Å². The van der Waals surface area contributed by atoms with E-state index in [0.29, 0.717) is 6.04 Å². The number of aromatic nitrogens is 2. The number of likely N-dealkylation sites (N-methyl/N-ethyl adjacent to an activating group) is 1. The summed E-state index contributed by atoms with van der Waals surface area (Å²) in [7, 11) is 2.03. The van der Waals surface area contributed by atoms with Gasteiger partial charge in [-0.15, -0.1) is 0 Å². The van der Waals surface area contributed by atoms with Crippen LogP contribution in [0.1, 0.15) is 13.8 Å². The molecule has 0 atom stereocenters. The highest BCUT2D eigenvalue weighted by Crippen LogP contribution is 2.11. The first-order valence-electron chi connectivity index (χ1n) is 4.41. The lowest BCUT2D eigenvalue weighted by molar-refractivity contribution is 0.589. The molecule has 1 aromatic heterocycles. The second kappa shape index (κ2) is 5.14. The van der Waals surface area contributed by atoms with Gasteiger partial charge in [0.15, 0.2) is 0 Å². The van der Waals surface area contributed by atoms with Crippen molar-refractivity contribution in [1.82, 2.24) is 14.7 Å². The fraction of sp³-hybridized carbons (Fsp3) is 0.750. The molecule has 0 aliphatic heterocycles. The van der Waals surface area contributed by atoms with Gasteiger partial charge in [0.25, 0.3) is 0 Å². The van der Waals surface area contributed by atoms with Crippen LogP contribution in [0.3, 0.4) is 0 Å². The van der Waals surface area contributed by atoms with Crippen LogP contribution < -0.4 is 10.2 Å². The molecule has 0 amide bonds. The maximum atomic E-state index is 4.12. The largest absolute Gasteiger partial charge is 0.349 e. The summed E-state index contributed by atoms with van der Waals surface area (Å²) in [6.07, 6.45) is 1.59. The van der Waals surface area contributed by atoms with E-state index in [9.17, 15) is 0 Å². The van der Waals surface area contributed by atoms with Gasteiger partial charge in [-0.1, -0.05) is 13.8 Å². The Morgan fingerprint density at radius 1 is 1.62 bits per heavy atom. The molecule has 1 aromatic rings. The summed E-state index contributed by atoms with van der Waals surface area (Å²) >= 11 is 1.43. The van der Waals surface area contributed by atoms with Crippen LogP contribution in [0.5, 0.6) is 0 Å². The summed E-state index contributed by atoms with van der Waals surface area (Å²) in [5.74, 6) is 0. The standard InChI is InChI=1S/C8H16N4S/c1-7(2)9-4-5-12(3)8-10-6-11-13-8/h6-7,9H,4-5H2,1-3H3. The number of hydrogen-bond donors (Lipinski definition) is 1. The molecule has 5 heteroatoms. The van der Waals surface area contributed by atoms with Crippen molar-refractivity contribution in [3.05, 3.63) is 6.33 Å². The molecule has 0 fully saturated rings. The zero-order valence-corrected chi connectivity index (χ0v) is 9.14. The Hall–Kier alpha value is -0.680. The Balaban J connectivity index is 2.22. The SMILES string of the molecule is CC(C)NCCN(C)c1ncns1. The average molecular weight is 200 g/mol. The number of rotatable bonds is 5. The minimum Gasteiger partial charge on any atom is -0.349 e. The van der Waals surface area contributed by atoms with Crippen molar-refractivity contribution in [3.8, 4) is 0 Å². The highest BCUT2D eigenvalue weighted by molar-refractivity contribution is 7.09. The van der Waals surface area contributed by atoms with Crippen LogP contribution in [-0.2, 0) is 0 Å². The summed E-state index contributed by atoms with van der Waals surface area (Å²) < 4.78 is 3.95. The first-order valence-corrected chi connectivity index (χ1v) is 5.18. The number of hydrogen-bond acceptors (Lipinski definition) is 5. The van der Waals surface area contributed by atoms with Crippen LogP contribution in [-0.4, -0.2) is 35.5 Å². The molecule has 0 saturated carbocycles. The molecule has 1 rings (SSSR count). The topological polar surface area (TPSA) is 41.0 Å². The molecule has 1 N–H and O–H groups in total. The van der Waals surface area contributed by atoms with Gasteiger partial charge >= 0.3 is 0 Å². The van der Waals surface area contributed by atoms with Gasteiger partial charge in [0.1, 0.15) is 6.33 Å². The van der Waals surface area contributed by atoms with Crippen LogP contribution >= 0.6 is 11.5 Å². The minimum absolute atomic E-state index is 0.544. The Labute approximate surface area is 83.2 Å². The van der Waals surface area contributed by atoms with Crippen LogP contribution in [0.15, 0.2) is 6.33 Å². The quantitative estimate of drug-likeness (QED) is 0.769. The Morgan fingerprint density at radius 3 is 2.92 bits per heavy atom. The third kappa shape index (κ3) is 3.69. The van der Waals surface area contributed by atoms with E-state index in [-0.39, 0.29) is 0 Å². The van der Waals surface area contributed by atoms with Gasteiger partial charge in [-0.3, -0.25) is 0 Å². The zero-order valence-electron chi connectivity index (χ0n) is 8.32. The summed E-state index contributed by atoms with van der Waals surface area (Å²) in [6, 6.07) is 0.544. The molecule has 13 heavy (non-hydrogen) atoms. The van der Waals surface area contributed by atoms with E-state index < -0.39 is 0 Å². The summed E-state index contributed by atoms with van der Waals surface area (Å²) in [5.41, 5.74) is 0. The van der Waals surface area contributed by atoms with Gasteiger partial charge in [-0.05, 0) is 0 Å². The molecule has 0 unspecified atom stereocenters. The predicted molar refractivity (Wildman–Crippen MR) is 56.3 cm³/mol. The van der Waals surface area contributed by atoms with Gasteiger partial charge in [0, 0.05) is 37.7 Å². The van der Waals surface area contributed by atoms with E-state index in [2.05, 4.69) is 33.4 Å². The lowest BCUT2D eigenvalue weighted by Gasteiger charge is -2.16. The molecule has 0 bridgehead atoms. The normalized spacial score (nSPS) is 10.8. The molecule has 0 aliphatic rings. The van der Waals surface area contributed by atoms with Crippen molar-refractivity contribution in [1.29, 1.82) is 0 Å². The van der Waals surface area contributed by atoms with Crippen molar-refractivity contribution in [2.75, 3.05) is 25.0 Å². The lowest BCUT2D eigenvalue weighted by Crippen LogP contribution is -2.32. The second-order valence-electron chi connectivity index (χ2n) is 3.25. The summed E-state index contributed by atoms with van der Waals surface area (Å²) in [5, 5.41) is 4.33. The van der Waals surface area contributed by atoms with Gasteiger partial charge < -0.3 is 10.2 Å². The Morgan fingerprint density at radius 2 is 2.38 bits per heavy atom. The van der Waals surface area contributed by atoms with E-state index in [0.717, 1.165) is 18.2 Å². The molecule has 0 radical (unpaired) electrons. The van der Waals surface area contributed by atoms with E-state index in [4.69, 9.17) is 0 Å². The van der Waals surface area contributed by atoms with Crippen LogP contribution in [0.4, 0.5) is 5.13 Å². The summed E-state index contributed by atoms with van der Waals surface area (Å²) in [4.78, 5) is 6.22. The van der Waals surface area contributed by atoms with E-state index in [1.54, 1.807) is 6.33 Å². The highest BCUT2D eigenvalue weighted by Gasteiger charge is 2.03. The average Bonchev–Trinajstić information content (AvgIpc) is 2.55. The molecular weight excluding hydrogens is 184 g/mol. The molecule has 74 valence electrons. The molecule has 0 aromatic carbocycles. The first-order chi connectivity index (χ1) is 6.20. The van der Waals surface area contributed by atoms with E-state index in [1.165, 1.54) is 11.5 Å². The third-order valence-electron chi connectivity index (χ3n) is 1.68. The number of nitrogens with one attached hydrogen (secondary N) is 1.